The number of aromatic nitrogens is 1. The van der Waals surface area contributed by atoms with Gasteiger partial charge < -0.3 is 11.1 Å². The third kappa shape index (κ3) is 2.14. The maximum Gasteiger partial charge on any atom is 0.160 e. The van der Waals surface area contributed by atoms with Crippen LogP contribution in [0.25, 0.3) is 10.8 Å². The van der Waals surface area contributed by atoms with Crippen LogP contribution in [0.1, 0.15) is 0 Å². The average Bonchev–Trinajstić information content (AvgIpc) is 2.46. The molecule has 5 heteroatoms. The summed E-state index contributed by atoms with van der Waals surface area (Å²) < 4.78 is 26.1. The maximum absolute atomic E-state index is 13.2. The molecule has 0 amide bonds. The minimum Gasteiger partial charge on any atom is -0.398 e. The van der Waals surface area contributed by atoms with Crippen LogP contribution in [0.15, 0.2) is 48.8 Å². The molecule has 3 nitrogen and oxygen atoms in total. The SMILES string of the molecule is Nc1ccc(Nc2ccc(F)c(F)c2)c2cnccc12. The maximum atomic E-state index is 13.2. The molecule has 100 valence electrons. The van der Waals surface area contributed by atoms with E-state index in [9.17, 15) is 8.78 Å². The van der Waals surface area contributed by atoms with Crippen molar-refractivity contribution in [1.82, 2.24) is 4.98 Å². The monoisotopic (exact) mass is 271 g/mol. The highest BCUT2D eigenvalue weighted by atomic mass is 19.2. The molecule has 0 aliphatic rings. The van der Waals surface area contributed by atoms with Gasteiger partial charge in [-0.2, -0.15) is 0 Å². The summed E-state index contributed by atoms with van der Waals surface area (Å²) in [7, 11) is 0. The van der Waals surface area contributed by atoms with Crippen molar-refractivity contribution in [2.24, 2.45) is 0 Å². The van der Waals surface area contributed by atoms with Crippen molar-refractivity contribution in [2.45, 2.75) is 0 Å². The number of nitrogens with one attached hydrogen (secondary N) is 1. The van der Waals surface area contributed by atoms with E-state index in [1.165, 1.54) is 6.07 Å². The molecule has 20 heavy (non-hydrogen) atoms. The Morgan fingerprint density at radius 3 is 2.60 bits per heavy atom. The van der Waals surface area contributed by atoms with Crippen LogP contribution in [-0.2, 0) is 0 Å². The van der Waals surface area contributed by atoms with Gasteiger partial charge in [0.1, 0.15) is 0 Å². The van der Waals surface area contributed by atoms with Gasteiger partial charge in [-0.05, 0) is 30.3 Å². The molecule has 0 aliphatic carbocycles. The van der Waals surface area contributed by atoms with Gasteiger partial charge in [0.15, 0.2) is 11.6 Å². The highest BCUT2D eigenvalue weighted by Crippen LogP contribution is 2.30. The summed E-state index contributed by atoms with van der Waals surface area (Å²) >= 11 is 0. The lowest BCUT2D eigenvalue weighted by molar-refractivity contribution is 0.509. The molecule has 0 atom stereocenters. The minimum absolute atomic E-state index is 0.457. The van der Waals surface area contributed by atoms with Crippen molar-refractivity contribution in [3.63, 3.8) is 0 Å². The highest BCUT2D eigenvalue weighted by molar-refractivity contribution is 6.01. The number of pyridine rings is 1. The molecule has 3 rings (SSSR count). The van der Waals surface area contributed by atoms with Crippen LogP contribution in [0.2, 0.25) is 0 Å². The number of anilines is 3. The molecule has 0 aliphatic heterocycles. The molecule has 2 aromatic carbocycles. The fraction of sp³-hybridized carbons (Fsp3) is 0. The number of benzene rings is 2. The zero-order valence-corrected chi connectivity index (χ0v) is 10.4. The van der Waals surface area contributed by atoms with Gasteiger partial charge in [-0.25, -0.2) is 8.78 Å². The number of rotatable bonds is 2. The predicted octanol–water partition coefficient (Wildman–Crippen LogP) is 3.84. The van der Waals surface area contributed by atoms with E-state index in [2.05, 4.69) is 10.3 Å². The smallest absolute Gasteiger partial charge is 0.160 e. The molecule has 0 saturated heterocycles. The summed E-state index contributed by atoms with van der Waals surface area (Å²) in [6.45, 7) is 0. The first-order valence-corrected chi connectivity index (χ1v) is 5.99. The van der Waals surface area contributed by atoms with Crippen LogP contribution >= 0.6 is 0 Å². The van der Waals surface area contributed by atoms with Crippen molar-refractivity contribution < 1.29 is 8.78 Å². The fourth-order valence-electron chi connectivity index (χ4n) is 2.05. The van der Waals surface area contributed by atoms with Gasteiger partial charge in [0, 0.05) is 46.3 Å². The number of hydrogen-bond acceptors (Lipinski definition) is 3. The molecule has 0 spiro atoms. The molecular formula is C15H11F2N3. The molecule has 0 radical (unpaired) electrons. The molecule has 0 saturated carbocycles. The lowest BCUT2D eigenvalue weighted by Gasteiger charge is -2.11. The summed E-state index contributed by atoms with van der Waals surface area (Å²) in [5, 5.41) is 4.71. The van der Waals surface area contributed by atoms with Crippen LogP contribution in [0, 0.1) is 11.6 Å². The Hall–Kier alpha value is -2.69. The zero-order chi connectivity index (χ0) is 14.1. The van der Waals surface area contributed by atoms with Gasteiger partial charge in [-0.15, -0.1) is 0 Å². The van der Waals surface area contributed by atoms with E-state index in [-0.39, 0.29) is 0 Å². The summed E-state index contributed by atoms with van der Waals surface area (Å²) in [5.74, 6) is -1.77. The van der Waals surface area contributed by atoms with Crippen LogP contribution in [0.5, 0.6) is 0 Å². The molecule has 0 unspecified atom stereocenters. The lowest BCUT2D eigenvalue weighted by Crippen LogP contribution is -1.96. The molecule has 1 heterocycles. The van der Waals surface area contributed by atoms with E-state index in [1.807, 2.05) is 0 Å². The normalized spacial score (nSPS) is 10.7. The number of nitrogens with zero attached hydrogens (tertiary/aromatic N) is 1. The predicted molar refractivity (Wildman–Crippen MR) is 75.8 cm³/mol. The summed E-state index contributed by atoms with van der Waals surface area (Å²) in [6, 6.07) is 8.99. The first kappa shape index (κ1) is 12.3. The number of fused-ring (bicyclic) bond motifs is 1. The second-order valence-corrected chi connectivity index (χ2v) is 4.38. The number of halogens is 2. The van der Waals surface area contributed by atoms with E-state index in [0.717, 1.165) is 28.6 Å². The molecule has 0 bridgehead atoms. The molecule has 1 aromatic heterocycles. The summed E-state index contributed by atoms with van der Waals surface area (Å²) in [6.07, 6.45) is 3.33. The molecule has 3 N–H and O–H groups in total. The van der Waals surface area contributed by atoms with Crippen LogP contribution in [0.3, 0.4) is 0 Å². The van der Waals surface area contributed by atoms with E-state index < -0.39 is 11.6 Å². The zero-order valence-electron chi connectivity index (χ0n) is 10.4. The van der Waals surface area contributed by atoms with Crippen molar-refractivity contribution in [1.29, 1.82) is 0 Å². The average molecular weight is 271 g/mol. The lowest BCUT2D eigenvalue weighted by atomic mass is 10.1. The Balaban J connectivity index is 2.06. The molecule has 3 aromatic rings. The van der Waals surface area contributed by atoms with Crippen molar-refractivity contribution >= 4 is 27.8 Å². The Labute approximate surface area is 114 Å². The second kappa shape index (κ2) is 4.77. The molecule has 0 fully saturated rings. The Bertz CT molecular complexity index is 787. The van der Waals surface area contributed by atoms with Gasteiger partial charge in [0.2, 0.25) is 0 Å². The first-order chi connectivity index (χ1) is 9.65. The van der Waals surface area contributed by atoms with Gasteiger partial charge in [-0.1, -0.05) is 0 Å². The third-order valence-electron chi connectivity index (χ3n) is 3.05. The topological polar surface area (TPSA) is 50.9 Å². The van der Waals surface area contributed by atoms with Gasteiger partial charge >= 0.3 is 0 Å². The van der Waals surface area contributed by atoms with E-state index >= 15 is 0 Å². The first-order valence-electron chi connectivity index (χ1n) is 5.99. The Morgan fingerprint density at radius 1 is 0.950 bits per heavy atom. The third-order valence-corrected chi connectivity index (χ3v) is 3.05. The van der Waals surface area contributed by atoms with Crippen molar-refractivity contribution in [3.8, 4) is 0 Å². The van der Waals surface area contributed by atoms with Crippen LogP contribution in [-0.4, -0.2) is 4.98 Å². The van der Waals surface area contributed by atoms with E-state index in [1.54, 1.807) is 30.6 Å². The molecular weight excluding hydrogens is 260 g/mol. The second-order valence-electron chi connectivity index (χ2n) is 4.38. The number of nitrogens with two attached hydrogens (primary N) is 1. The fourth-order valence-corrected chi connectivity index (χ4v) is 2.05. The van der Waals surface area contributed by atoms with E-state index in [0.29, 0.717) is 11.4 Å². The van der Waals surface area contributed by atoms with Crippen LogP contribution in [0.4, 0.5) is 25.8 Å². The summed E-state index contributed by atoms with van der Waals surface area (Å²) in [5.41, 5.74) is 7.72. The highest BCUT2D eigenvalue weighted by Gasteiger charge is 2.06. The minimum atomic E-state index is -0.895. The Morgan fingerprint density at radius 2 is 1.80 bits per heavy atom. The van der Waals surface area contributed by atoms with E-state index in [4.69, 9.17) is 5.73 Å². The largest absolute Gasteiger partial charge is 0.398 e. The number of nitrogen functional groups attached to an aromatic ring is 1. The summed E-state index contributed by atoms with van der Waals surface area (Å²) in [4.78, 5) is 4.06. The number of hydrogen-bond donors (Lipinski definition) is 2. The van der Waals surface area contributed by atoms with Crippen molar-refractivity contribution in [3.05, 3.63) is 60.4 Å². The van der Waals surface area contributed by atoms with Gasteiger partial charge in [0.25, 0.3) is 0 Å². The van der Waals surface area contributed by atoms with Gasteiger partial charge in [-0.3, -0.25) is 4.98 Å². The quantitative estimate of drug-likeness (QED) is 0.696. The Kier molecular flexibility index (Phi) is 2.95. The van der Waals surface area contributed by atoms with Crippen molar-refractivity contribution in [2.75, 3.05) is 11.1 Å². The van der Waals surface area contributed by atoms with Gasteiger partial charge in [0.05, 0.1) is 0 Å². The van der Waals surface area contributed by atoms with Crippen LogP contribution < -0.4 is 11.1 Å². The standard InChI is InChI=1S/C15H11F2N3/c16-12-2-1-9(7-13(12)17)20-15-4-3-14(18)10-5-6-19-8-11(10)15/h1-8,20H,18H2.